The molecule has 0 spiro atoms. The summed E-state index contributed by atoms with van der Waals surface area (Å²) in [5.41, 5.74) is 0. The molecule has 0 fully saturated rings. The number of hydrogen-bond donors (Lipinski definition) is 4. The summed E-state index contributed by atoms with van der Waals surface area (Å²) in [5, 5.41) is 22.5. The molecule has 0 bridgehead atoms. The van der Waals surface area contributed by atoms with Crippen molar-refractivity contribution >= 4 is 12.0 Å². The molecule has 7 heteroatoms. The number of ether oxygens (including phenoxy) is 1. The molecule has 0 saturated heterocycles. The zero-order valence-corrected chi connectivity index (χ0v) is 10.3. The zero-order chi connectivity index (χ0) is 13.4. The average Bonchev–Trinajstić information content (AvgIpc) is 2.22. The van der Waals surface area contributed by atoms with E-state index >= 15 is 0 Å². The first-order valence-corrected chi connectivity index (χ1v) is 5.45. The quantitative estimate of drug-likeness (QED) is 0.488. The number of aliphatic hydroxyl groups is 1. The van der Waals surface area contributed by atoms with Gasteiger partial charge in [0.05, 0.1) is 12.2 Å². The first kappa shape index (κ1) is 15.7. The number of hydrogen-bond acceptors (Lipinski definition) is 4. The summed E-state index contributed by atoms with van der Waals surface area (Å²) in [7, 11) is 0. The predicted octanol–water partition coefficient (Wildman–Crippen LogP) is -0.455. The molecule has 0 heterocycles. The minimum absolute atomic E-state index is 0.152. The summed E-state index contributed by atoms with van der Waals surface area (Å²) in [6.45, 7) is 5.72. The molecule has 0 aliphatic heterocycles. The molecular formula is C10H20N2O5. The molecule has 7 nitrogen and oxygen atoms in total. The number of aliphatic carboxylic acids is 1. The molecule has 17 heavy (non-hydrogen) atoms. The summed E-state index contributed by atoms with van der Waals surface area (Å²) < 4.78 is 5.18. The molecule has 3 unspecified atom stereocenters. The van der Waals surface area contributed by atoms with Crippen LogP contribution in [0.1, 0.15) is 20.8 Å². The number of nitrogens with one attached hydrogen (secondary N) is 2. The number of rotatable bonds is 7. The van der Waals surface area contributed by atoms with Gasteiger partial charge in [0.15, 0.2) is 6.04 Å². The van der Waals surface area contributed by atoms with Crippen molar-refractivity contribution in [3.63, 3.8) is 0 Å². The maximum absolute atomic E-state index is 11.3. The molecule has 3 atom stereocenters. The van der Waals surface area contributed by atoms with Crippen LogP contribution in [-0.4, -0.2) is 53.6 Å². The third-order valence-electron chi connectivity index (χ3n) is 2.04. The second-order valence-corrected chi connectivity index (χ2v) is 3.68. The highest BCUT2D eigenvalue weighted by atomic mass is 16.5. The van der Waals surface area contributed by atoms with Gasteiger partial charge in [-0.2, -0.15) is 0 Å². The number of carboxylic acid groups (broad SMARTS) is 1. The molecule has 100 valence electrons. The van der Waals surface area contributed by atoms with Crippen molar-refractivity contribution in [2.75, 3.05) is 13.2 Å². The summed E-state index contributed by atoms with van der Waals surface area (Å²) >= 11 is 0. The molecule has 0 radical (unpaired) electrons. The number of carbonyl (C=O) groups is 2. The molecule has 0 saturated carbocycles. The van der Waals surface area contributed by atoms with Gasteiger partial charge in [-0.05, 0) is 20.8 Å². The van der Waals surface area contributed by atoms with E-state index in [4.69, 9.17) is 14.9 Å². The highest BCUT2D eigenvalue weighted by Crippen LogP contribution is 1.93. The Morgan fingerprint density at radius 1 is 1.35 bits per heavy atom. The van der Waals surface area contributed by atoms with Crippen LogP contribution < -0.4 is 10.6 Å². The minimum atomic E-state index is -1.32. The summed E-state index contributed by atoms with van der Waals surface area (Å²) in [5.74, 6) is -1.28. The lowest BCUT2D eigenvalue weighted by atomic mass is 10.2. The molecule has 0 aromatic heterocycles. The van der Waals surface area contributed by atoms with Crippen LogP contribution in [-0.2, 0) is 9.53 Å². The molecule has 0 aliphatic carbocycles. The molecule has 0 aromatic carbocycles. The van der Waals surface area contributed by atoms with Crippen molar-refractivity contribution in [1.29, 1.82) is 0 Å². The van der Waals surface area contributed by atoms with Crippen LogP contribution in [0.2, 0.25) is 0 Å². The van der Waals surface area contributed by atoms with E-state index in [0.717, 1.165) is 0 Å². The van der Waals surface area contributed by atoms with E-state index in [0.29, 0.717) is 6.61 Å². The standard InChI is InChI=1S/C10H20N2O5/c1-4-17-6(2)5-11-10(16)12-8(7(3)13)9(14)15/h6-8,13H,4-5H2,1-3H3,(H,14,15)(H2,11,12,16). The smallest absolute Gasteiger partial charge is 0.328 e. The summed E-state index contributed by atoms with van der Waals surface area (Å²) in [6.07, 6.45) is -1.32. The van der Waals surface area contributed by atoms with Crippen molar-refractivity contribution in [1.82, 2.24) is 10.6 Å². The molecule has 0 aliphatic rings. The van der Waals surface area contributed by atoms with Gasteiger partial charge in [0, 0.05) is 13.2 Å². The first-order chi connectivity index (χ1) is 7.88. The van der Waals surface area contributed by atoms with Crippen molar-refractivity contribution in [3.05, 3.63) is 0 Å². The lowest BCUT2D eigenvalue weighted by Crippen LogP contribution is -2.52. The number of urea groups is 1. The van der Waals surface area contributed by atoms with E-state index in [-0.39, 0.29) is 12.6 Å². The molecule has 2 amide bonds. The van der Waals surface area contributed by atoms with Gasteiger partial charge in [0.2, 0.25) is 0 Å². The largest absolute Gasteiger partial charge is 0.480 e. The van der Waals surface area contributed by atoms with Gasteiger partial charge in [-0.3, -0.25) is 0 Å². The third-order valence-corrected chi connectivity index (χ3v) is 2.04. The second kappa shape index (κ2) is 7.86. The monoisotopic (exact) mass is 248 g/mol. The van der Waals surface area contributed by atoms with Gasteiger partial charge < -0.3 is 25.6 Å². The number of amides is 2. The third kappa shape index (κ3) is 6.75. The van der Waals surface area contributed by atoms with Crippen LogP contribution in [0.4, 0.5) is 4.79 Å². The van der Waals surface area contributed by atoms with Crippen LogP contribution in [0, 0.1) is 0 Å². The molecule has 0 rings (SSSR count). The van der Waals surface area contributed by atoms with E-state index in [1.807, 2.05) is 6.92 Å². The fourth-order valence-corrected chi connectivity index (χ4v) is 1.16. The maximum Gasteiger partial charge on any atom is 0.328 e. The zero-order valence-electron chi connectivity index (χ0n) is 10.3. The second-order valence-electron chi connectivity index (χ2n) is 3.68. The topological polar surface area (TPSA) is 108 Å². The Balaban J connectivity index is 4.03. The Morgan fingerprint density at radius 3 is 2.35 bits per heavy atom. The van der Waals surface area contributed by atoms with E-state index in [1.165, 1.54) is 6.92 Å². The van der Waals surface area contributed by atoms with Crippen molar-refractivity contribution in [2.45, 2.75) is 39.0 Å². The first-order valence-electron chi connectivity index (χ1n) is 5.45. The Kier molecular flexibility index (Phi) is 7.24. The van der Waals surface area contributed by atoms with E-state index in [2.05, 4.69) is 10.6 Å². The van der Waals surface area contributed by atoms with Gasteiger partial charge >= 0.3 is 12.0 Å². The fourth-order valence-electron chi connectivity index (χ4n) is 1.16. The van der Waals surface area contributed by atoms with Crippen LogP contribution >= 0.6 is 0 Å². The SMILES string of the molecule is CCOC(C)CNC(=O)NC(C(=O)O)C(C)O. The Morgan fingerprint density at radius 2 is 1.94 bits per heavy atom. The lowest BCUT2D eigenvalue weighted by molar-refractivity contribution is -0.141. The average molecular weight is 248 g/mol. The van der Waals surface area contributed by atoms with Crippen LogP contribution in [0.15, 0.2) is 0 Å². The van der Waals surface area contributed by atoms with E-state index < -0.39 is 24.1 Å². The maximum atomic E-state index is 11.3. The van der Waals surface area contributed by atoms with Gasteiger partial charge in [-0.15, -0.1) is 0 Å². The number of carboxylic acids is 1. The van der Waals surface area contributed by atoms with Crippen LogP contribution in [0.25, 0.3) is 0 Å². The van der Waals surface area contributed by atoms with Gasteiger partial charge in [0.1, 0.15) is 0 Å². The van der Waals surface area contributed by atoms with Crippen molar-refractivity contribution < 1.29 is 24.5 Å². The van der Waals surface area contributed by atoms with Gasteiger partial charge in [0.25, 0.3) is 0 Å². The highest BCUT2D eigenvalue weighted by molar-refractivity contribution is 5.82. The van der Waals surface area contributed by atoms with Gasteiger partial charge in [-0.1, -0.05) is 0 Å². The fraction of sp³-hybridized carbons (Fsp3) is 0.800. The Labute approximate surface area is 100 Å². The van der Waals surface area contributed by atoms with Crippen molar-refractivity contribution in [2.24, 2.45) is 0 Å². The summed E-state index contributed by atoms with van der Waals surface area (Å²) in [6, 6.07) is -1.97. The highest BCUT2D eigenvalue weighted by Gasteiger charge is 2.24. The van der Waals surface area contributed by atoms with Crippen LogP contribution in [0.3, 0.4) is 0 Å². The minimum Gasteiger partial charge on any atom is -0.480 e. The predicted molar refractivity (Wildman–Crippen MR) is 60.7 cm³/mol. The van der Waals surface area contributed by atoms with Crippen LogP contribution in [0.5, 0.6) is 0 Å². The summed E-state index contributed by atoms with van der Waals surface area (Å²) in [4.78, 5) is 22.0. The molecular weight excluding hydrogens is 228 g/mol. The van der Waals surface area contributed by atoms with E-state index in [9.17, 15) is 9.59 Å². The normalized spacial score (nSPS) is 15.8. The Bertz CT molecular complexity index is 257. The van der Waals surface area contributed by atoms with Crippen molar-refractivity contribution in [3.8, 4) is 0 Å². The number of aliphatic hydroxyl groups excluding tert-OH is 1. The Hall–Kier alpha value is -1.34. The molecule has 4 N–H and O–H groups in total. The lowest BCUT2D eigenvalue weighted by Gasteiger charge is -2.18. The van der Waals surface area contributed by atoms with E-state index in [1.54, 1.807) is 6.92 Å². The van der Waals surface area contributed by atoms with Gasteiger partial charge in [-0.25, -0.2) is 9.59 Å². The number of carbonyl (C=O) groups excluding carboxylic acids is 1. The molecule has 0 aromatic rings.